The van der Waals surface area contributed by atoms with E-state index in [2.05, 4.69) is 18.2 Å². The normalized spacial score (nSPS) is 17.5. The van der Waals surface area contributed by atoms with Gasteiger partial charge in [0, 0.05) is 17.7 Å². The van der Waals surface area contributed by atoms with E-state index in [1.807, 2.05) is 24.3 Å². The van der Waals surface area contributed by atoms with Crippen molar-refractivity contribution in [1.82, 2.24) is 4.98 Å². The molecule has 2 aliphatic rings. The molecule has 1 aliphatic carbocycles. The predicted octanol–water partition coefficient (Wildman–Crippen LogP) is 5.83. The molecule has 8 nitrogen and oxygen atoms in total. The van der Waals surface area contributed by atoms with Crippen LogP contribution in [0.15, 0.2) is 90.0 Å². The summed E-state index contributed by atoms with van der Waals surface area (Å²) in [5.74, 6) is -2.21. The highest BCUT2D eigenvalue weighted by molar-refractivity contribution is 8.00. The number of amides is 2. The summed E-state index contributed by atoms with van der Waals surface area (Å²) in [6, 6.07) is 25.0. The van der Waals surface area contributed by atoms with E-state index in [4.69, 9.17) is 9.72 Å². The molecule has 0 spiro atoms. The molecule has 1 saturated heterocycles. The Labute approximate surface area is 262 Å². The van der Waals surface area contributed by atoms with Gasteiger partial charge in [0.25, 0.3) is 0 Å². The Morgan fingerprint density at radius 3 is 2.40 bits per heavy atom. The molecule has 0 saturated carbocycles. The average Bonchev–Trinajstić information content (AvgIpc) is 3.35. The third kappa shape index (κ3) is 6.40. The van der Waals surface area contributed by atoms with Crippen LogP contribution in [-0.2, 0) is 27.2 Å². The molecule has 4 aromatic rings. The minimum absolute atomic E-state index is 0.0570. The summed E-state index contributed by atoms with van der Waals surface area (Å²) in [4.78, 5) is 56.9. The van der Waals surface area contributed by atoms with Crippen molar-refractivity contribution >= 4 is 41.0 Å². The highest BCUT2D eigenvalue weighted by Crippen LogP contribution is 2.38. The van der Waals surface area contributed by atoms with E-state index in [1.165, 1.54) is 42.0 Å². The maximum Gasteiger partial charge on any atom is 0.338 e. The number of thioether (sulfide) groups is 1. The van der Waals surface area contributed by atoms with Crippen molar-refractivity contribution in [2.45, 2.75) is 41.9 Å². The van der Waals surface area contributed by atoms with Crippen molar-refractivity contribution in [1.29, 1.82) is 5.26 Å². The molecule has 0 bridgehead atoms. The summed E-state index contributed by atoms with van der Waals surface area (Å²) in [5.41, 5.74) is 4.22. The van der Waals surface area contributed by atoms with Crippen LogP contribution in [0.5, 0.6) is 0 Å². The number of benzene rings is 3. The lowest BCUT2D eigenvalue weighted by atomic mass is 9.82. The molecule has 1 aliphatic heterocycles. The highest BCUT2D eigenvalue weighted by Gasteiger charge is 2.41. The van der Waals surface area contributed by atoms with Crippen LogP contribution in [0.2, 0.25) is 0 Å². The van der Waals surface area contributed by atoms with Crippen LogP contribution in [-0.4, -0.2) is 40.4 Å². The summed E-state index contributed by atoms with van der Waals surface area (Å²) in [5, 5.41) is 9.58. The predicted molar refractivity (Wildman–Crippen MR) is 164 cm³/mol. The number of Topliss-reactive ketones (excluding diaryl/α,β-unsaturated/α-hetero) is 1. The number of nitrogens with zero attached hydrogens (tertiary/aromatic N) is 3. The van der Waals surface area contributed by atoms with E-state index in [-0.39, 0.29) is 23.2 Å². The van der Waals surface area contributed by atoms with Gasteiger partial charge in [-0.15, -0.1) is 0 Å². The summed E-state index contributed by atoms with van der Waals surface area (Å²) in [7, 11) is 0. The van der Waals surface area contributed by atoms with E-state index in [1.54, 1.807) is 0 Å². The third-order valence-electron chi connectivity index (χ3n) is 7.96. The zero-order chi connectivity index (χ0) is 31.5. The molecule has 2 heterocycles. The van der Waals surface area contributed by atoms with Gasteiger partial charge in [-0.3, -0.25) is 14.4 Å². The minimum Gasteiger partial charge on any atom is -0.454 e. The van der Waals surface area contributed by atoms with E-state index in [9.17, 15) is 28.8 Å². The zero-order valence-corrected chi connectivity index (χ0v) is 24.8. The van der Waals surface area contributed by atoms with Crippen molar-refractivity contribution in [2.24, 2.45) is 0 Å². The number of hydrogen-bond donors (Lipinski definition) is 0. The molecular weight excluding hydrogens is 593 g/mol. The van der Waals surface area contributed by atoms with Crippen molar-refractivity contribution < 1.29 is 28.3 Å². The molecule has 6 rings (SSSR count). The van der Waals surface area contributed by atoms with Crippen molar-refractivity contribution in [2.75, 3.05) is 11.5 Å². The number of hydrogen-bond acceptors (Lipinski definition) is 8. The van der Waals surface area contributed by atoms with Crippen LogP contribution in [0.25, 0.3) is 0 Å². The lowest BCUT2D eigenvalue weighted by molar-refractivity contribution is -0.121. The molecule has 0 N–H and O–H groups in total. The number of aryl methyl sites for hydroxylation is 1. The molecule has 224 valence electrons. The number of carbonyl (C=O) groups is 4. The van der Waals surface area contributed by atoms with Gasteiger partial charge in [-0.1, -0.05) is 42.1 Å². The zero-order valence-electron chi connectivity index (χ0n) is 23.9. The number of ether oxygens (including phenoxy) is 1. The molecule has 2 amide bonds. The number of esters is 1. The fraction of sp³-hybridized carbons (Fsp3) is 0.200. The second-order valence-corrected chi connectivity index (χ2v) is 12.0. The maximum absolute atomic E-state index is 13.4. The molecule has 1 aromatic heterocycles. The van der Waals surface area contributed by atoms with Crippen LogP contribution >= 0.6 is 11.8 Å². The standard InChI is InChI=1S/C35H26FN3O5S/c36-27-11-6-22(7-12-27)30(40)20-44-35(43)23-8-13-28(14-9-23)39-32(41)18-31(34(39)42)45-33-26(19-37)17-25-16-24(10-15-29(25)38-33)21-4-2-1-3-5-21/h1-9,11-14,17,24,31H,10,15-16,18,20H2. The van der Waals surface area contributed by atoms with E-state index >= 15 is 0 Å². The van der Waals surface area contributed by atoms with Crippen LogP contribution in [0.1, 0.15) is 61.9 Å². The summed E-state index contributed by atoms with van der Waals surface area (Å²) >= 11 is 1.13. The third-order valence-corrected chi connectivity index (χ3v) is 9.15. The molecule has 45 heavy (non-hydrogen) atoms. The fourth-order valence-corrected chi connectivity index (χ4v) is 6.70. The Balaban J connectivity index is 1.10. The topological polar surface area (TPSA) is 117 Å². The van der Waals surface area contributed by atoms with Gasteiger partial charge in [-0.05, 0) is 90.9 Å². The second kappa shape index (κ2) is 12.8. The first kappa shape index (κ1) is 29.9. The first-order chi connectivity index (χ1) is 21.8. The number of halogens is 1. The van der Waals surface area contributed by atoms with Gasteiger partial charge < -0.3 is 4.74 Å². The van der Waals surface area contributed by atoms with E-state index in [0.717, 1.165) is 59.3 Å². The van der Waals surface area contributed by atoms with Gasteiger partial charge in [-0.25, -0.2) is 19.1 Å². The molecule has 2 atom stereocenters. The second-order valence-electron chi connectivity index (χ2n) is 10.8. The minimum atomic E-state index is -0.762. The van der Waals surface area contributed by atoms with E-state index in [0.29, 0.717) is 16.5 Å². The van der Waals surface area contributed by atoms with Crippen LogP contribution in [0, 0.1) is 17.1 Å². The quantitative estimate of drug-likeness (QED) is 0.137. The Kier molecular flexibility index (Phi) is 8.54. The summed E-state index contributed by atoms with van der Waals surface area (Å²) in [6.07, 6.45) is 2.42. The fourth-order valence-electron chi connectivity index (χ4n) is 5.61. The Hall–Kier alpha value is -5.14. The Morgan fingerprint density at radius 2 is 1.69 bits per heavy atom. The summed E-state index contributed by atoms with van der Waals surface area (Å²) in [6.45, 7) is -0.525. The number of carbonyl (C=O) groups excluding carboxylic acids is 4. The van der Waals surface area contributed by atoms with Gasteiger partial charge >= 0.3 is 5.97 Å². The first-order valence-electron chi connectivity index (χ1n) is 14.4. The van der Waals surface area contributed by atoms with E-state index < -0.39 is 41.2 Å². The lowest BCUT2D eigenvalue weighted by Crippen LogP contribution is -2.31. The van der Waals surface area contributed by atoms with Crippen molar-refractivity contribution in [3.8, 4) is 6.07 Å². The van der Waals surface area contributed by atoms with Crippen molar-refractivity contribution in [3.63, 3.8) is 0 Å². The summed E-state index contributed by atoms with van der Waals surface area (Å²) < 4.78 is 18.2. The van der Waals surface area contributed by atoms with Crippen molar-refractivity contribution in [3.05, 3.63) is 124 Å². The number of nitriles is 1. The lowest BCUT2D eigenvalue weighted by Gasteiger charge is -2.25. The molecule has 1 fully saturated rings. The number of anilines is 1. The van der Waals surface area contributed by atoms with Crippen LogP contribution in [0.4, 0.5) is 10.1 Å². The van der Waals surface area contributed by atoms with Gasteiger partial charge in [0.2, 0.25) is 11.8 Å². The number of aromatic nitrogens is 1. The van der Waals surface area contributed by atoms with Gasteiger partial charge in [-0.2, -0.15) is 5.26 Å². The molecular formula is C35H26FN3O5S. The van der Waals surface area contributed by atoms with Crippen LogP contribution in [0.3, 0.4) is 0 Å². The Bertz CT molecular complexity index is 1840. The number of imide groups is 1. The number of fused-ring (bicyclic) bond motifs is 1. The van der Waals surface area contributed by atoms with Gasteiger partial charge in [0.05, 0.1) is 22.1 Å². The number of pyridine rings is 1. The largest absolute Gasteiger partial charge is 0.454 e. The average molecular weight is 620 g/mol. The number of rotatable bonds is 8. The Morgan fingerprint density at radius 1 is 0.978 bits per heavy atom. The monoisotopic (exact) mass is 619 g/mol. The first-order valence-corrected chi connectivity index (χ1v) is 15.3. The molecule has 10 heteroatoms. The molecule has 3 aromatic carbocycles. The molecule has 2 unspecified atom stereocenters. The maximum atomic E-state index is 13.4. The van der Waals surface area contributed by atoms with Crippen LogP contribution < -0.4 is 4.90 Å². The highest BCUT2D eigenvalue weighted by atomic mass is 32.2. The smallest absolute Gasteiger partial charge is 0.338 e. The van der Waals surface area contributed by atoms with Gasteiger partial charge in [0.15, 0.2) is 12.4 Å². The molecule has 0 radical (unpaired) electrons. The SMILES string of the molecule is N#Cc1cc2c(nc1SC1CC(=O)N(c3ccc(C(=O)OCC(=O)c4ccc(F)cc4)cc3)C1=O)CCC(c1ccccc1)C2. The number of ketones is 1. The van der Waals surface area contributed by atoms with Gasteiger partial charge in [0.1, 0.15) is 16.9 Å².